The molecule has 0 radical (unpaired) electrons. The summed E-state index contributed by atoms with van der Waals surface area (Å²) in [4.78, 5) is 16.6. The first-order chi connectivity index (χ1) is 13.2. The molecule has 0 spiro atoms. The summed E-state index contributed by atoms with van der Waals surface area (Å²) in [7, 11) is 0. The third kappa shape index (κ3) is 5.36. The monoisotopic (exact) mass is 366 g/mol. The summed E-state index contributed by atoms with van der Waals surface area (Å²) in [5.41, 5.74) is 1.74. The molecule has 1 heterocycles. The van der Waals surface area contributed by atoms with Crippen LogP contribution in [-0.2, 0) is 11.3 Å². The van der Waals surface area contributed by atoms with Crippen molar-refractivity contribution in [2.75, 3.05) is 38.0 Å². The summed E-state index contributed by atoms with van der Waals surface area (Å²) < 4.78 is 13.8. The first-order valence-corrected chi connectivity index (χ1v) is 9.13. The van der Waals surface area contributed by atoms with Gasteiger partial charge in [0.05, 0.1) is 11.3 Å². The van der Waals surface area contributed by atoms with E-state index in [1.165, 1.54) is 6.07 Å². The van der Waals surface area contributed by atoms with E-state index in [0.717, 1.165) is 31.7 Å². The van der Waals surface area contributed by atoms with Gasteiger partial charge in [0, 0.05) is 51.3 Å². The van der Waals surface area contributed by atoms with Crippen LogP contribution in [0.15, 0.2) is 48.5 Å². The van der Waals surface area contributed by atoms with Crippen molar-refractivity contribution in [3.8, 4) is 6.07 Å². The van der Waals surface area contributed by atoms with E-state index in [1.54, 1.807) is 30.3 Å². The molecule has 0 aromatic heterocycles. The second-order valence-corrected chi connectivity index (χ2v) is 6.66. The molecule has 0 aliphatic carbocycles. The lowest BCUT2D eigenvalue weighted by Gasteiger charge is -2.34. The van der Waals surface area contributed by atoms with Crippen LogP contribution in [0.1, 0.15) is 17.5 Å². The molecule has 1 aliphatic rings. The highest BCUT2D eigenvalue weighted by Gasteiger charge is 2.18. The summed E-state index contributed by atoms with van der Waals surface area (Å²) in [6.45, 7) is 4.72. The van der Waals surface area contributed by atoms with Gasteiger partial charge in [-0.05, 0) is 18.2 Å². The van der Waals surface area contributed by atoms with Gasteiger partial charge in [-0.2, -0.15) is 5.26 Å². The number of hydrogen-bond acceptors (Lipinski definition) is 4. The highest BCUT2D eigenvalue weighted by molar-refractivity contribution is 5.92. The van der Waals surface area contributed by atoms with Crippen molar-refractivity contribution in [1.29, 1.82) is 5.26 Å². The third-order valence-electron chi connectivity index (χ3n) is 4.79. The van der Waals surface area contributed by atoms with E-state index in [2.05, 4.69) is 21.2 Å². The van der Waals surface area contributed by atoms with Gasteiger partial charge in [-0.15, -0.1) is 0 Å². The van der Waals surface area contributed by atoms with Crippen molar-refractivity contribution in [2.45, 2.75) is 13.0 Å². The average molecular weight is 366 g/mol. The van der Waals surface area contributed by atoms with Crippen molar-refractivity contribution in [3.05, 3.63) is 65.5 Å². The first kappa shape index (κ1) is 19.0. The summed E-state index contributed by atoms with van der Waals surface area (Å²) in [6, 6.07) is 15.9. The molecule has 1 aliphatic heterocycles. The minimum atomic E-state index is -0.158. The number of nitrogens with zero attached hydrogens (tertiary/aromatic N) is 3. The van der Waals surface area contributed by atoms with Crippen molar-refractivity contribution in [2.24, 2.45) is 0 Å². The molecule has 1 saturated heterocycles. The van der Waals surface area contributed by atoms with Crippen LogP contribution in [-0.4, -0.2) is 48.4 Å². The molecule has 1 N–H and O–H groups in total. The van der Waals surface area contributed by atoms with Crippen molar-refractivity contribution < 1.29 is 9.18 Å². The normalized spacial score (nSPS) is 15.3. The molecule has 0 saturated carbocycles. The maximum atomic E-state index is 13.8. The Kier molecular flexibility index (Phi) is 6.53. The standard InChI is InChI=1S/C21H23FN4O/c22-19-7-3-1-6-18(19)16-26-13-11-25(12-14-26)10-9-21(27)24-20-8-4-2-5-17(20)15-23/h1-8H,9-14,16H2,(H,24,27). The number of piperazine rings is 1. The summed E-state index contributed by atoms with van der Waals surface area (Å²) in [5.74, 6) is -0.249. The Hall–Kier alpha value is -2.75. The fraction of sp³-hybridized carbons (Fsp3) is 0.333. The van der Waals surface area contributed by atoms with E-state index in [0.29, 0.717) is 30.8 Å². The Morgan fingerprint density at radius 2 is 1.70 bits per heavy atom. The number of amides is 1. The average Bonchev–Trinajstić information content (AvgIpc) is 2.69. The van der Waals surface area contributed by atoms with E-state index >= 15 is 0 Å². The van der Waals surface area contributed by atoms with Gasteiger partial charge in [0.1, 0.15) is 11.9 Å². The van der Waals surface area contributed by atoms with Crippen LogP contribution in [0.2, 0.25) is 0 Å². The minimum absolute atomic E-state index is 0.0912. The Bertz CT molecular complexity index is 825. The molecule has 27 heavy (non-hydrogen) atoms. The van der Waals surface area contributed by atoms with Crippen LogP contribution >= 0.6 is 0 Å². The van der Waals surface area contributed by atoms with E-state index in [4.69, 9.17) is 5.26 Å². The predicted octanol–water partition coefficient (Wildman–Crippen LogP) is 2.84. The van der Waals surface area contributed by atoms with Crippen LogP contribution < -0.4 is 5.32 Å². The molecular weight excluding hydrogens is 343 g/mol. The van der Waals surface area contributed by atoms with Crippen molar-refractivity contribution >= 4 is 11.6 Å². The molecule has 0 unspecified atom stereocenters. The number of anilines is 1. The topological polar surface area (TPSA) is 59.4 Å². The number of hydrogen-bond donors (Lipinski definition) is 1. The second-order valence-electron chi connectivity index (χ2n) is 6.66. The predicted molar refractivity (Wildman–Crippen MR) is 103 cm³/mol. The van der Waals surface area contributed by atoms with Gasteiger partial charge in [-0.25, -0.2) is 4.39 Å². The van der Waals surface area contributed by atoms with Gasteiger partial charge in [0.15, 0.2) is 0 Å². The number of carbonyl (C=O) groups is 1. The van der Waals surface area contributed by atoms with Crippen LogP contribution in [0.5, 0.6) is 0 Å². The van der Waals surface area contributed by atoms with Gasteiger partial charge in [-0.3, -0.25) is 9.69 Å². The van der Waals surface area contributed by atoms with Gasteiger partial charge in [0.2, 0.25) is 5.91 Å². The van der Waals surface area contributed by atoms with E-state index in [-0.39, 0.29) is 11.7 Å². The molecule has 1 amide bonds. The molecule has 0 atom stereocenters. The lowest BCUT2D eigenvalue weighted by Crippen LogP contribution is -2.46. The Morgan fingerprint density at radius 1 is 1.04 bits per heavy atom. The SMILES string of the molecule is N#Cc1ccccc1NC(=O)CCN1CCN(Cc2ccccc2F)CC1. The summed E-state index contributed by atoms with van der Waals surface area (Å²) in [5, 5.41) is 11.9. The zero-order valence-corrected chi connectivity index (χ0v) is 15.2. The Labute approximate surface area is 159 Å². The van der Waals surface area contributed by atoms with Crippen molar-refractivity contribution in [1.82, 2.24) is 9.80 Å². The quantitative estimate of drug-likeness (QED) is 0.854. The molecule has 140 valence electrons. The number of para-hydroxylation sites is 1. The second kappa shape index (κ2) is 9.26. The van der Waals surface area contributed by atoms with Crippen molar-refractivity contribution in [3.63, 3.8) is 0 Å². The van der Waals surface area contributed by atoms with Gasteiger partial charge >= 0.3 is 0 Å². The van der Waals surface area contributed by atoms with Gasteiger partial charge in [0.25, 0.3) is 0 Å². The lowest BCUT2D eigenvalue weighted by atomic mass is 10.2. The molecule has 1 fully saturated rings. The highest BCUT2D eigenvalue weighted by Crippen LogP contribution is 2.15. The van der Waals surface area contributed by atoms with Crippen LogP contribution in [0.25, 0.3) is 0 Å². The molecular formula is C21H23FN4O. The number of rotatable bonds is 6. The molecule has 0 bridgehead atoms. The fourth-order valence-corrected chi connectivity index (χ4v) is 3.20. The number of nitrogens with one attached hydrogen (secondary N) is 1. The molecule has 3 rings (SSSR count). The van der Waals surface area contributed by atoms with E-state index in [1.807, 2.05) is 12.1 Å². The number of halogens is 1. The Balaban J connectivity index is 1.41. The van der Waals surface area contributed by atoms with Crippen LogP contribution in [0.4, 0.5) is 10.1 Å². The molecule has 2 aromatic carbocycles. The zero-order valence-electron chi connectivity index (χ0n) is 15.2. The largest absolute Gasteiger partial charge is 0.325 e. The Morgan fingerprint density at radius 3 is 2.44 bits per heavy atom. The third-order valence-corrected chi connectivity index (χ3v) is 4.79. The zero-order chi connectivity index (χ0) is 19.1. The van der Waals surface area contributed by atoms with E-state index in [9.17, 15) is 9.18 Å². The maximum absolute atomic E-state index is 13.8. The molecule has 5 nitrogen and oxygen atoms in total. The number of nitriles is 1. The van der Waals surface area contributed by atoms with E-state index < -0.39 is 0 Å². The maximum Gasteiger partial charge on any atom is 0.225 e. The number of benzene rings is 2. The van der Waals surface area contributed by atoms with Gasteiger partial charge in [-0.1, -0.05) is 30.3 Å². The lowest BCUT2D eigenvalue weighted by molar-refractivity contribution is -0.116. The fourth-order valence-electron chi connectivity index (χ4n) is 3.20. The first-order valence-electron chi connectivity index (χ1n) is 9.13. The van der Waals surface area contributed by atoms with Crippen LogP contribution in [0, 0.1) is 17.1 Å². The number of carbonyl (C=O) groups excluding carboxylic acids is 1. The summed E-state index contributed by atoms with van der Waals surface area (Å²) in [6.07, 6.45) is 0.382. The van der Waals surface area contributed by atoms with Gasteiger partial charge < -0.3 is 10.2 Å². The summed E-state index contributed by atoms with van der Waals surface area (Å²) >= 11 is 0. The smallest absolute Gasteiger partial charge is 0.225 e. The molecule has 6 heteroatoms. The van der Waals surface area contributed by atoms with Crippen LogP contribution in [0.3, 0.4) is 0 Å². The highest BCUT2D eigenvalue weighted by atomic mass is 19.1. The molecule has 2 aromatic rings. The minimum Gasteiger partial charge on any atom is -0.325 e.